The number of aromatic nitrogens is 3. The van der Waals surface area contributed by atoms with Crippen molar-refractivity contribution in [1.29, 1.82) is 0 Å². The molecule has 2 amide bonds. The van der Waals surface area contributed by atoms with Crippen LogP contribution >= 0.6 is 0 Å². The molecule has 0 fully saturated rings. The molecule has 1 aromatic heterocycles. The number of nitrogens with two attached hydrogens (primary N) is 1. The number of ether oxygens (including phenoxy) is 1. The first kappa shape index (κ1) is 20.8. The van der Waals surface area contributed by atoms with Gasteiger partial charge in [0.15, 0.2) is 11.5 Å². The Balaban J connectivity index is 1.70. The lowest BCUT2D eigenvalue weighted by Gasteiger charge is -2.11. The lowest BCUT2D eigenvalue weighted by Crippen LogP contribution is -2.22. The molecule has 3 rings (SSSR count). The fourth-order valence-corrected chi connectivity index (χ4v) is 2.83. The summed E-state index contributed by atoms with van der Waals surface area (Å²) in [7, 11) is 0. The molecule has 0 unspecified atom stereocenters. The molecule has 0 saturated heterocycles. The number of anilines is 3. The Hall–Kier alpha value is -3.88. The van der Waals surface area contributed by atoms with Crippen molar-refractivity contribution in [1.82, 2.24) is 15.0 Å². The van der Waals surface area contributed by atoms with E-state index in [9.17, 15) is 9.59 Å². The Bertz CT molecular complexity index is 1080. The maximum Gasteiger partial charge on any atom is 0.280 e. The van der Waals surface area contributed by atoms with Crippen molar-refractivity contribution in [2.24, 2.45) is 0 Å². The summed E-state index contributed by atoms with van der Waals surface area (Å²) in [6, 6.07) is 12.8. The van der Waals surface area contributed by atoms with Gasteiger partial charge >= 0.3 is 0 Å². The summed E-state index contributed by atoms with van der Waals surface area (Å²) < 4.78 is 6.68. The average molecular weight is 408 g/mol. The molecule has 30 heavy (non-hydrogen) atoms. The SMILES string of the molecule is CCOc1ccccc1NC(=O)c1nnn(CC(=O)Nc2cc(C)ccc2C)c1N. The zero-order valence-electron chi connectivity index (χ0n) is 17.1. The molecule has 0 radical (unpaired) electrons. The number of amides is 2. The summed E-state index contributed by atoms with van der Waals surface area (Å²) in [5.74, 6) is -0.334. The predicted molar refractivity (Wildman–Crippen MR) is 115 cm³/mol. The van der Waals surface area contributed by atoms with Crippen molar-refractivity contribution >= 4 is 29.0 Å². The molecule has 9 heteroatoms. The molecule has 0 atom stereocenters. The summed E-state index contributed by atoms with van der Waals surface area (Å²) >= 11 is 0. The van der Waals surface area contributed by atoms with E-state index in [1.54, 1.807) is 24.3 Å². The Morgan fingerprint density at radius 1 is 1.10 bits per heavy atom. The molecule has 0 spiro atoms. The maximum atomic E-state index is 12.6. The number of para-hydroxylation sites is 2. The van der Waals surface area contributed by atoms with Gasteiger partial charge in [-0.2, -0.15) is 0 Å². The predicted octanol–water partition coefficient (Wildman–Crippen LogP) is 2.77. The highest BCUT2D eigenvalue weighted by Crippen LogP contribution is 2.24. The molecule has 3 aromatic rings. The van der Waals surface area contributed by atoms with Crippen molar-refractivity contribution in [3.8, 4) is 5.75 Å². The topological polar surface area (TPSA) is 124 Å². The molecule has 4 N–H and O–H groups in total. The van der Waals surface area contributed by atoms with E-state index in [0.29, 0.717) is 23.7 Å². The van der Waals surface area contributed by atoms with Gasteiger partial charge in [-0.1, -0.05) is 29.5 Å². The lowest BCUT2D eigenvalue weighted by atomic mass is 10.1. The second kappa shape index (κ2) is 9.08. The number of benzene rings is 2. The second-order valence-corrected chi connectivity index (χ2v) is 6.73. The number of hydrogen-bond acceptors (Lipinski definition) is 6. The molecule has 1 heterocycles. The number of aryl methyl sites for hydroxylation is 2. The highest BCUT2D eigenvalue weighted by atomic mass is 16.5. The van der Waals surface area contributed by atoms with Crippen molar-refractivity contribution in [2.45, 2.75) is 27.3 Å². The molecular formula is C21H24N6O3. The zero-order valence-corrected chi connectivity index (χ0v) is 17.1. The molecule has 9 nitrogen and oxygen atoms in total. The van der Waals surface area contributed by atoms with E-state index in [0.717, 1.165) is 11.1 Å². The van der Waals surface area contributed by atoms with Gasteiger partial charge in [-0.25, -0.2) is 4.68 Å². The number of rotatable bonds is 7. The molecule has 2 aromatic carbocycles. The third-order valence-corrected chi connectivity index (χ3v) is 4.38. The third-order valence-electron chi connectivity index (χ3n) is 4.38. The molecule has 0 saturated carbocycles. The van der Waals surface area contributed by atoms with E-state index in [1.165, 1.54) is 4.68 Å². The first-order valence-electron chi connectivity index (χ1n) is 9.48. The standard InChI is InChI=1S/C21H24N6O3/c1-4-30-17-8-6-5-7-15(17)24-21(29)19-20(22)27(26-25-19)12-18(28)23-16-11-13(2)9-10-14(16)3/h5-11H,4,12,22H2,1-3H3,(H,23,28)(H,24,29). The lowest BCUT2D eigenvalue weighted by molar-refractivity contribution is -0.116. The van der Waals surface area contributed by atoms with Gasteiger partial charge in [0.05, 0.1) is 12.3 Å². The molecule has 156 valence electrons. The quantitative estimate of drug-likeness (QED) is 0.552. The van der Waals surface area contributed by atoms with Crippen LogP contribution in [0.5, 0.6) is 5.75 Å². The summed E-state index contributed by atoms with van der Waals surface area (Å²) in [6.07, 6.45) is 0. The smallest absolute Gasteiger partial charge is 0.280 e. The minimum absolute atomic E-state index is 0.00231. The van der Waals surface area contributed by atoms with Gasteiger partial charge < -0.3 is 21.1 Å². The molecule has 0 aliphatic rings. The highest BCUT2D eigenvalue weighted by Gasteiger charge is 2.20. The van der Waals surface area contributed by atoms with Crippen LogP contribution in [0.2, 0.25) is 0 Å². The van der Waals surface area contributed by atoms with Crippen LogP contribution in [-0.4, -0.2) is 33.4 Å². The van der Waals surface area contributed by atoms with Crippen LogP contribution in [-0.2, 0) is 11.3 Å². The monoisotopic (exact) mass is 408 g/mol. The van der Waals surface area contributed by atoms with Gasteiger partial charge in [0, 0.05) is 5.69 Å². The molecule has 0 aliphatic carbocycles. The van der Waals surface area contributed by atoms with Gasteiger partial charge in [0.25, 0.3) is 5.91 Å². The normalized spacial score (nSPS) is 10.5. The van der Waals surface area contributed by atoms with Crippen LogP contribution in [0.25, 0.3) is 0 Å². The van der Waals surface area contributed by atoms with E-state index in [-0.39, 0.29) is 24.0 Å². The van der Waals surface area contributed by atoms with E-state index < -0.39 is 5.91 Å². The number of hydrogen-bond donors (Lipinski definition) is 3. The Labute approximate surface area is 174 Å². The third kappa shape index (κ3) is 4.75. The van der Waals surface area contributed by atoms with Crippen LogP contribution < -0.4 is 21.1 Å². The van der Waals surface area contributed by atoms with Gasteiger partial charge in [0.1, 0.15) is 12.3 Å². The van der Waals surface area contributed by atoms with Crippen molar-refractivity contribution in [3.63, 3.8) is 0 Å². The van der Waals surface area contributed by atoms with Crippen molar-refractivity contribution < 1.29 is 14.3 Å². The van der Waals surface area contributed by atoms with Gasteiger partial charge in [0.2, 0.25) is 5.91 Å². The average Bonchev–Trinajstić information content (AvgIpc) is 3.06. The highest BCUT2D eigenvalue weighted by molar-refractivity contribution is 6.06. The molecular weight excluding hydrogens is 384 g/mol. The summed E-state index contributed by atoms with van der Waals surface area (Å²) in [5.41, 5.74) is 9.12. The van der Waals surface area contributed by atoms with E-state index in [1.807, 2.05) is 39.0 Å². The number of carbonyl (C=O) groups is 2. The van der Waals surface area contributed by atoms with Crippen molar-refractivity contribution in [2.75, 3.05) is 23.0 Å². The maximum absolute atomic E-state index is 12.6. The van der Waals surface area contributed by atoms with E-state index >= 15 is 0 Å². The summed E-state index contributed by atoms with van der Waals surface area (Å²) in [4.78, 5) is 25.0. The van der Waals surface area contributed by atoms with Crippen molar-refractivity contribution in [3.05, 3.63) is 59.3 Å². The minimum Gasteiger partial charge on any atom is -0.492 e. The zero-order chi connectivity index (χ0) is 21.7. The van der Waals surface area contributed by atoms with Crippen LogP contribution in [0.15, 0.2) is 42.5 Å². The fourth-order valence-electron chi connectivity index (χ4n) is 2.83. The fraction of sp³-hybridized carbons (Fsp3) is 0.238. The number of carbonyl (C=O) groups excluding carboxylic acids is 2. The van der Waals surface area contributed by atoms with Crippen LogP contribution in [0, 0.1) is 13.8 Å². The summed E-state index contributed by atoms with van der Waals surface area (Å²) in [6.45, 7) is 5.99. The van der Waals surface area contributed by atoms with E-state index in [2.05, 4.69) is 20.9 Å². The van der Waals surface area contributed by atoms with Crippen LogP contribution in [0.1, 0.15) is 28.5 Å². The second-order valence-electron chi connectivity index (χ2n) is 6.73. The Morgan fingerprint density at radius 3 is 2.63 bits per heavy atom. The van der Waals surface area contributed by atoms with Gasteiger partial charge in [-0.15, -0.1) is 5.10 Å². The number of nitrogens with one attached hydrogen (secondary N) is 2. The molecule has 0 bridgehead atoms. The van der Waals surface area contributed by atoms with Gasteiger partial charge in [-0.3, -0.25) is 9.59 Å². The minimum atomic E-state index is -0.541. The number of nitrogen functional groups attached to an aromatic ring is 1. The van der Waals surface area contributed by atoms with Crippen LogP contribution in [0.4, 0.5) is 17.2 Å². The summed E-state index contributed by atoms with van der Waals surface area (Å²) in [5, 5.41) is 13.2. The Kier molecular flexibility index (Phi) is 6.31. The number of nitrogens with zero attached hydrogens (tertiary/aromatic N) is 3. The van der Waals surface area contributed by atoms with Crippen LogP contribution in [0.3, 0.4) is 0 Å². The largest absolute Gasteiger partial charge is 0.492 e. The van der Waals surface area contributed by atoms with E-state index in [4.69, 9.17) is 10.5 Å². The molecule has 0 aliphatic heterocycles. The first-order chi connectivity index (χ1) is 14.4. The van der Waals surface area contributed by atoms with Gasteiger partial charge in [-0.05, 0) is 50.1 Å². The first-order valence-corrected chi connectivity index (χ1v) is 9.48. The Morgan fingerprint density at radius 2 is 1.87 bits per heavy atom.